The van der Waals surface area contributed by atoms with Gasteiger partial charge >= 0.3 is 6.18 Å². The summed E-state index contributed by atoms with van der Waals surface area (Å²) in [6.07, 6.45) is -3.54. The molecule has 0 saturated carbocycles. The van der Waals surface area contributed by atoms with Crippen LogP contribution < -0.4 is 5.73 Å². The van der Waals surface area contributed by atoms with Crippen LogP contribution in [0.15, 0.2) is 12.3 Å². The second-order valence-electron chi connectivity index (χ2n) is 2.70. The molecule has 14 heavy (non-hydrogen) atoms. The molecule has 78 valence electrons. The minimum absolute atomic E-state index is 0.0430. The number of hydrogen-bond acceptors (Lipinski definition) is 2. The van der Waals surface area contributed by atoms with Gasteiger partial charge in [-0.1, -0.05) is 11.6 Å². The quantitative estimate of drug-likeness (QED) is 0.783. The van der Waals surface area contributed by atoms with Crippen LogP contribution in [0, 0.1) is 0 Å². The van der Waals surface area contributed by atoms with E-state index in [-0.39, 0.29) is 23.7 Å². The van der Waals surface area contributed by atoms with Gasteiger partial charge in [0.05, 0.1) is 5.56 Å². The highest BCUT2D eigenvalue weighted by Crippen LogP contribution is 2.32. The summed E-state index contributed by atoms with van der Waals surface area (Å²) in [5.74, 6) is 0. The zero-order valence-electron chi connectivity index (χ0n) is 7.11. The van der Waals surface area contributed by atoms with Crippen LogP contribution in [-0.4, -0.2) is 11.5 Å². The van der Waals surface area contributed by atoms with Crippen molar-refractivity contribution in [1.29, 1.82) is 0 Å². The molecule has 0 aliphatic carbocycles. The number of alkyl halides is 3. The van der Waals surface area contributed by atoms with Crippen molar-refractivity contribution in [1.82, 2.24) is 4.98 Å². The molecule has 1 heterocycles. The summed E-state index contributed by atoms with van der Waals surface area (Å²) < 4.78 is 37.1. The van der Waals surface area contributed by atoms with E-state index in [1.54, 1.807) is 0 Å². The van der Waals surface area contributed by atoms with Gasteiger partial charge in [-0.2, -0.15) is 13.2 Å². The summed E-state index contributed by atoms with van der Waals surface area (Å²) in [6, 6.07) is 1.19. The van der Waals surface area contributed by atoms with Gasteiger partial charge in [0.1, 0.15) is 5.15 Å². The average molecular weight is 225 g/mol. The minimum Gasteiger partial charge on any atom is -0.330 e. The van der Waals surface area contributed by atoms with E-state index in [1.165, 1.54) is 6.07 Å². The van der Waals surface area contributed by atoms with E-state index < -0.39 is 11.7 Å². The molecule has 0 aliphatic heterocycles. The second-order valence-corrected chi connectivity index (χ2v) is 3.09. The first kappa shape index (κ1) is 11.3. The molecule has 0 bridgehead atoms. The fraction of sp³-hybridized carbons (Fsp3) is 0.375. The van der Waals surface area contributed by atoms with Gasteiger partial charge in [-0.3, -0.25) is 0 Å². The topological polar surface area (TPSA) is 38.9 Å². The smallest absolute Gasteiger partial charge is 0.330 e. The molecule has 0 fully saturated rings. The summed E-state index contributed by atoms with van der Waals surface area (Å²) in [7, 11) is 0. The third-order valence-corrected chi connectivity index (χ3v) is 1.88. The molecular formula is C8H8ClF3N2. The van der Waals surface area contributed by atoms with Crippen LogP contribution in [-0.2, 0) is 12.6 Å². The Morgan fingerprint density at radius 2 is 2.07 bits per heavy atom. The fourth-order valence-electron chi connectivity index (χ4n) is 1.09. The van der Waals surface area contributed by atoms with Crippen molar-refractivity contribution in [2.24, 2.45) is 5.73 Å². The summed E-state index contributed by atoms with van der Waals surface area (Å²) in [4.78, 5) is 3.39. The average Bonchev–Trinajstić information content (AvgIpc) is 2.02. The van der Waals surface area contributed by atoms with Gasteiger partial charge in [-0.05, 0) is 24.6 Å². The third-order valence-electron chi connectivity index (χ3n) is 1.68. The standard InChI is InChI=1S/C8H8ClF3N2/c9-7-3-5(1-2-13)6(4-14-7)8(10,11)12/h3-4H,1-2,13H2. The molecule has 0 atom stereocenters. The molecule has 1 aromatic heterocycles. The highest BCUT2D eigenvalue weighted by molar-refractivity contribution is 6.29. The molecule has 1 rings (SSSR count). The molecule has 0 radical (unpaired) electrons. The lowest BCUT2D eigenvalue weighted by Gasteiger charge is -2.11. The fourth-order valence-corrected chi connectivity index (χ4v) is 1.27. The summed E-state index contributed by atoms with van der Waals surface area (Å²) >= 11 is 5.48. The van der Waals surface area contributed by atoms with Crippen molar-refractivity contribution < 1.29 is 13.2 Å². The van der Waals surface area contributed by atoms with Crippen LogP contribution in [0.2, 0.25) is 5.15 Å². The van der Waals surface area contributed by atoms with Crippen molar-refractivity contribution >= 4 is 11.6 Å². The van der Waals surface area contributed by atoms with Gasteiger partial charge in [0.2, 0.25) is 0 Å². The number of nitrogens with two attached hydrogens (primary N) is 1. The number of aromatic nitrogens is 1. The Morgan fingerprint density at radius 3 is 2.57 bits per heavy atom. The van der Waals surface area contributed by atoms with Gasteiger partial charge in [0.15, 0.2) is 0 Å². The Bertz CT molecular complexity index is 325. The van der Waals surface area contributed by atoms with Crippen LogP contribution in [0.1, 0.15) is 11.1 Å². The van der Waals surface area contributed by atoms with Crippen molar-refractivity contribution in [2.75, 3.05) is 6.54 Å². The largest absolute Gasteiger partial charge is 0.418 e. The van der Waals surface area contributed by atoms with Gasteiger partial charge < -0.3 is 5.73 Å². The third kappa shape index (κ3) is 2.59. The van der Waals surface area contributed by atoms with Crippen molar-refractivity contribution in [2.45, 2.75) is 12.6 Å². The molecule has 0 amide bonds. The maximum Gasteiger partial charge on any atom is 0.418 e. The van der Waals surface area contributed by atoms with Gasteiger partial charge in [0, 0.05) is 6.20 Å². The van der Waals surface area contributed by atoms with E-state index in [2.05, 4.69) is 4.98 Å². The first-order chi connectivity index (χ1) is 6.45. The zero-order valence-corrected chi connectivity index (χ0v) is 7.86. The van der Waals surface area contributed by atoms with Gasteiger partial charge in [-0.15, -0.1) is 0 Å². The highest BCUT2D eigenvalue weighted by Gasteiger charge is 2.33. The predicted octanol–water partition coefficient (Wildman–Crippen LogP) is 2.25. The van der Waals surface area contributed by atoms with Crippen molar-refractivity contribution in [3.63, 3.8) is 0 Å². The molecule has 0 spiro atoms. The number of halogens is 4. The lowest BCUT2D eigenvalue weighted by atomic mass is 10.1. The lowest BCUT2D eigenvalue weighted by molar-refractivity contribution is -0.138. The van der Waals surface area contributed by atoms with E-state index in [4.69, 9.17) is 17.3 Å². The Hall–Kier alpha value is -0.810. The summed E-state index contributed by atoms with van der Waals surface area (Å²) in [6.45, 7) is 0.142. The first-order valence-corrected chi connectivity index (χ1v) is 4.24. The molecular weight excluding hydrogens is 217 g/mol. The van der Waals surface area contributed by atoms with Crippen molar-refractivity contribution in [3.8, 4) is 0 Å². The first-order valence-electron chi connectivity index (χ1n) is 3.87. The number of rotatable bonds is 2. The maximum atomic E-state index is 12.4. The molecule has 0 unspecified atom stereocenters. The Balaban J connectivity index is 3.15. The monoisotopic (exact) mass is 224 g/mol. The Morgan fingerprint density at radius 1 is 1.43 bits per heavy atom. The Labute approximate surface area is 83.9 Å². The van der Waals surface area contributed by atoms with Crippen LogP contribution >= 0.6 is 11.6 Å². The lowest BCUT2D eigenvalue weighted by Crippen LogP contribution is -2.13. The number of pyridine rings is 1. The summed E-state index contributed by atoms with van der Waals surface area (Å²) in [5, 5.41) is 0.0430. The van der Waals surface area contributed by atoms with Crippen LogP contribution in [0.5, 0.6) is 0 Å². The van der Waals surface area contributed by atoms with E-state index in [0.29, 0.717) is 0 Å². The SMILES string of the molecule is NCCc1cc(Cl)ncc1C(F)(F)F. The molecule has 0 aromatic carbocycles. The van der Waals surface area contributed by atoms with Crippen LogP contribution in [0.4, 0.5) is 13.2 Å². The van der Waals surface area contributed by atoms with E-state index >= 15 is 0 Å². The molecule has 0 saturated heterocycles. The summed E-state index contributed by atoms with van der Waals surface area (Å²) in [5.41, 5.74) is 4.50. The maximum absolute atomic E-state index is 12.4. The van der Waals surface area contributed by atoms with E-state index in [1.807, 2.05) is 0 Å². The second kappa shape index (κ2) is 4.14. The number of nitrogens with zero attached hydrogens (tertiary/aromatic N) is 1. The Kier molecular flexibility index (Phi) is 3.34. The van der Waals surface area contributed by atoms with Crippen LogP contribution in [0.25, 0.3) is 0 Å². The molecule has 1 aromatic rings. The van der Waals surface area contributed by atoms with Crippen molar-refractivity contribution in [3.05, 3.63) is 28.5 Å². The molecule has 6 heteroatoms. The molecule has 0 aliphatic rings. The van der Waals surface area contributed by atoms with E-state index in [9.17, 15) is 13.2 Å². The van der Waals surface area contributed by atoms with Gasteiger partial charge in [-0.25, -0.2) is 4.98 Å². The highest BCUT2D eigenvalue weighted by atomic mass is 35.5. The predicted molar refractivity (Wildman–Crippen MR) is 47.0 cm³/mol. The van der Waals surface area contributed by atoms with Gasteiger partial charge in [0.25, 0.3) is 0 Å². The zero-order chi connectivity index (χ0) is 10.8. The molecule has 2 nitrogen and oxygen atoms in total. The van der Waals surface area contributed by atoms with E-state index in [0.717, 1.165) is 6.20 Å². The normalized spacial score (nSPS) is 11.8. The minimum atomic E-state index is -4.40. The molecule has 2 N–H and O–H groups in total. The number of hydrogen-bond donors (Lipinski definition) is 1. The van der Waals surface area contributed by atoms with Crippen LogP contribution in [0.3, 0.4) is 0 Å².